The lowest BCUT2D eigenvalue weighted by Gasteiger charge is -2.25. The molecular weight excluding hydrogens is 578 g/mol. The lowest BCUT2D eigenvalue weighted by atomic mass is 10.1. The first-order valence-corrected chi connectivity index (χ1v) is 13.6. The summed E-state index contributed by atoms with van der Waals surface area (Å²) in [6.07, 6.45) is 1.42. The molecule has 0 aromatic heterocycles. The SMILES string of the molecule is COc1ccc(S(=O)(=O)N(CC(=O)N/N=C\c2cc3c(cc2Br)OCO3)c2cc(C)cc(C)c2)cc1OC. The van der Waals surface area contributed by atoms with Gasteiger partial charge in [0.05, 0.1) is 31.0 Å². The fraction of sp³-hybridized carbons (Fsp3) is 0.231. The predicted molar refractivity (Wildman–Crippen MR) is 146 cm³/mol. The molecular formula is C26H26BrN3O7S. The highest BCUT2D eigenvalue weighted by Gasteiger charge is 2.29. The molecule has 3 aromatic rings. The summed E-state index contributed by atoms with van der Waals surface area (Å²) in [4.78, 5) is 12.9. The van der Waals surface area contributed by atoms with Crippen molar-refractivity contribution in [2.45, 2.75) is 18.7 Å². The summed E-state index contributed by atoms with van der Waals surface area (Å²) in [7, 11) is -1.31. The van der Waals surface area contributed by atoms with Gasteiger partial charge in [-0.05, 0) is 77.3 Å². The highest BCUT2D eigenvalue weighted by molar-refractivity contribution is 9.10. The number of sulfonamides is 1. The van der Waals surface area contributed by atoms with Crippen molar-refractivity contribution in [3.63, 3.8) is 0 Å². The molecule has 0 fully saturated rings. The highest BCUT2D eigenvalue weighted by Crippen LogP contribution is 2.36. The van der Waals surface area contributed by atoms with Crippen molar-refractivity contribution in [1.82, 2.24) is 5.43 Å². The number of anilines is 1. The van der Waals surface area contributed by atoms with Crippen LogP contribution < -0.4 is 28.7 Å². The Morgan fingerprint density at radius 3 is 2.34 bits per heavy atom. The third-order valence-electron chi connectivity index (χ3n) is 5.61. The zero-order chi connectivity index (χ0) is 27.4. The van der Waals surface area contributed by atoms with Crippen LogP contribution in [0, 0.1) is 13.8 Å². The number of fused-ring (bicyclic) bond motifs is 1. The molecule has 1 aliphatic rings. The topological polar surface area (TPSA) is 116 Å². The van der Waals surface area contributed by atoms with Crippen LogP contribution >= 0.6 is 15.9 Å². The van der Waals surface area contributed by atoms with E-state index in [1.54, 1.807) is 24.3 Å². The normalized spacial score (nSPS) is 12.4. The molecule has 200 valence electrons. The van der Waals surface area contributed by atoms with Crippen LogP contribution in [0.25, 0.3) is 0 Å². The third kappa shape index (κ3) is 5.86. The fourth-order valence-corrected chi connectivity index (χ4v) is 5.73. The van der Waals surface area contributed by atoms with Gasteiger partial charge in [0.25, 0.3) is 15.9 Å². The van der Waals surface area contributed by atoms with Crippen molar-refractivity contribution < 1.29 is 32.2 Å². The minimum Gasteiger partial charge on any atom is -0.493 e. The van der Waals surface area contributed by atoms with Crippen molar-refractivity contribution in [2.24, 2.45) is 5.10 Å². The van der Waals surface area contributed by atoms with Gasteiger partial charge in [-0.1, -0.05) is 6.07 Å². The number of ether oxygens (including phenoxy) is 4. The standard InChI is InChI=1S/C26H26BrN3O7S/c1-16-7-17(2)9-19(8-16)30(38(32,33)20-5-6-22(34-3)23(11-20)35-4)14-26(31)29-28-13-18-10-24-25(12-21(18)27)37-15-36-24/h5-13H,14-15H2,1-4H3,(H,29,31)/b28-13-. The molecule has 1 amide bonds. The van der Waals surface area contributed by atoms with Gasteiger partial charge in [0, 0.05) is 16.1 Å². The summed E-state index contributed by atoms with van der Waals surface area (Å²) in [6, 6.07) is 13.0. The molecule has 0 unspecified atom stereocenters. The number of benzene rings is 3. The summed E-state index contributed by atoms with van der Waals surface area (Å²) < 4.78 is 50.5. The van der Waals surface area contributed by atoms with E-state index in [2.05, 4.69) is 26.5 Å². The second kappa shape index (κ2) is 11.3. The fourth-order valence-electron chi connectivity index (χ4n) is 3.89. The van der Waals surface area contributed by atoms with Crippen molar-refractivity contribution in [1.29, 1.82) is 0 Å². The van der Waals surface area contributed by atoms with E-state index in [1.165, 1.54) is 38.6 Å². The van der Waals surface area contributed by atoms with Crippen LogP contribution in [0.15, 0.2) is 63.0 Å². The van der Waals surface area contributed by atoms with E-state index >= 15 is 0 Å². The van der Waals surface area contributed by atoms with Gasteiger partial charge in [0.15, 0.2) is 23.0 Å². The molecule has 0 saturated heterocycles. The molecule has 0 bridgehead atoms. The average Bonchev–Trinajstić information content (AvgIpc) is 3.33. The lowest BCUT2D eigenvalue weighted by Crippen LogP contribution is -2.39. The molecule has 0 atom stereocenters. The van der Waals surface area contributed by atoms with Gasteiger partial charge in [0.2, 0.25) is 6.79 Å². The first kappa shape index (κ1) is 27.3. The molecule has 38 heavy (non-hydrogen) atoms. The van der Waals surface area contributed by atoms with Gasteiger partial charge in [-0.2, -0.15) is 5.10 Å². The van der Waals surface area contributed by atoms with Crippen LogP contribution in [0.3, 0.4) is 0 Å². The molecule has 0 aliphatic carbocycles. The molecule has 3 aromatic carbocycles. The first-order valence-electron chi connectivity index (χ1n) is 11.4. The maximum Gasteiger partial charge on any atom is 0.264 e. The van der Waals surface area contributed by atoms with E-state index in [9.17, 15) is 13.2 Å². The maximum atomic E-state index is 13.8. The molecule has 0 spiro atoms. The molecule has 1 N–H and O–H groups in total. The number of nitrogens with one attached hydrogen (secondary N) is 1. The van der Waals surface area contributed by atoms with E-state index in [0.717, 1.165) is 15.4 Å². The Balaban J connectivity index is 1.62. The Labute approximate surface area is 229 Å². The van der Waals surface area contributed by atoms with Crippen LogP contribution in [0.1, 0.15) is 16.7 Å². The number of carbonyl (C=O) groups is 1. The number of carbonyl (C=O) groups excluding carboxylic acids is 1. The van der Waals surface area contributed by atoms with Crippen LogP contribution in [0.5, 0.6) is 23.0 Å². The number of hydrazone groups is 1. The average molecular weight is 604 g/mol. The number of halogens is 1. The smallest absolute Gasteiger partial charge is 0.264 e. The van der Waals surface area contributed by atoms with Crippen LogP contribution in [-0.4, -0.2) is 48.1 Å². The van der Waals surface area contributed by atoms with Gasteiger partial charge in [-0.25, -0.2) is 13.8 Å². The molecule has 1 heterocycles. The highest BCUT2D eigenvalue weighted by atomic mass is 79.9. The van der Waals surface area contributed by atoms with Crippen molar-refractivity contribution in [2.75, 3.05) is 31.9 Å². The Bertz CT molecular complexity index is 1490. The van der Waals surface area contributed by atoms with E-state index in [-0.39, 0.29) is 17.4 Å². The maximum absolute atomic E-state index is 13.8. The predicted octanol–water partition coefficient (Wildman–Crippen LogP) is 4.16. The summed E-state index contributed by atoms with van der Waals surface area (Å²) >= 11 is 3.43. The van der Waals surface area contributed by atoms with Gasteiger partial charge in [-0.15, -0.1) is 0 Å². The third-order valence-corrected chi connectivity index (χ3v) is 8.07. The number of methoxy groups -OCH3 is 2. The van der Waals surface area contributed by atoms with E-state index in [4.69, 9.17) is 18.9 Å². The van der Waals surface area contributed by atoms with Crippen LogP contribution in [0.2, 0.25) is 0 Å². The molecule has 0 radical (unpaired) electrons. The Kier molecular flexibility index (Phi) is 8.12. The van der Waals surface area contributed by atoms with Crippen LogP contribution in [-0.2, 0) is 14.8 Å². The van der Waals surface area contributed by atoms with Crippen molar-refractivity contribution in [3.05, 3.63) is 69.7 Å². The number of aryl methyl sites for hydroxylation is 2. The van der Waals surface area contributed by atoms with Crippen molar-refractivity contribution >= 4 is 43.8 Å². The molecule has 12 heteroatoms. The minimum absolute atomic E-state index is 0.0603. The molecule has 4 rings (SSSR count). The Hall–Kier alpha value is -3.77. The van der Waals surface area contributed by atoms with Gasteiger partial charge < -0.3 is 18.9 Å². The second-order valence-electron chi connectivity index (χ2n) is 8.39. The summed E-state index contributed by atoms with van der Waals surface area (Å²) in [6.45, 7) is 3.32. The summed E-state index contributed by atoms with van der Waals surface area (Å²) in [5.74, 6) is 1.15. The lowest BCUT2D eigenvalue weighted by molar-refractivity contribution is -0.119. The molecule has 10 nitrogen and oxygen atoms in total. The Morgan fingerprint density at radius 1 is 1.03 bits per heavy atom. The zero-order valence-corrected chi connectivity index (χ0v) is 23.6. The van der Waals surface area contributed by atoms with E-state index in [0.29, 0.717) is 33.0 Å². The van der Waals surface area contributed by atoms with Gasteiger partial charge in [0.1, 0.15) is 6.54 Å². The number of hydrogen-bond acceptors (Lipinski definition) is 8. The monoisotopic (exact) mass is 603 g/mol. The number of nitrogens with zero attached hydrogens (tertiary/aromatic N) is 2. The van der Waals surface area contributed by atoms with E-state index in [1.807, 2.05) is 19.9 Å². The van der Waals surface area contributed by atoms with Gasteiger partial charge >= 0.3 is 0 Å². The minimum atomic E-state index is -4.18. The van der Waals surface area contributed by atoms with Crippen molar-refractivity contribution in [3.8, 4) is 23.0 Å². The molecule has 1 aliphatic heterocycles. The largest absolute Gasteiger partial charge is 0.493 e. The molecule has 0 saturated carbocycles. The summed E-state index contributed by atoms with van der Waals surface area (Å²) in [5.41, 5.74) is 5.08. The van der Waals surface area contributed by atoms with E-state index < -0.39 is 22.5 Å². The first-order chi connectivity index (χ1) is 18.1. The summed E-state index contributed by atoms with van der Waals surface area (Å²) in [5, 5.41) is 4.01. The quantitative estimate of drug-likeness (QED) is 0.288. The van der Waals surface area contributed by atoms with Gasteiger partial charge in [-0.3, -0.25) is 9.10 Å². The Morgan fingerprint density at radius 2 is 1.68 bits per heavy atom. The number of rotatable bonds is 9. The second-order valence-corrected chi connectivity index (χ2v) is 11.1. The zero-order valence-electron chi connectivity index (χ0n) is 21.1. The van der Waals surface area contributed by atoms with Crippen LogP contribution in [0.4, 0.5) is 5.69 Å². The number of amides is 1. The number of hydrogen-bond donors (Lipinski definition) is 1.